The molecule has 1 heterocycles. The molecule has 0 aliphatic heterocycles. The van der Waals surface area contributed by atoms with E-state index in [-0.39, 0.29) is 0 Å². The van der Waals surface area contributed by atoms with Gasteiger partial charge < -0.3 is 14.5 Å². The molecule has 4 nitrogen and oxygen atoms in total. The molecule has 4 heteroatoms. The lowest BCUT2D eigenvalue weighted by atomic mass is 9.98. The molecule has 0 saturated carbocycles. The van der Waals surface area contributed by atoms with Gasteiger partial charge in [0, 0.05) is 12.6 Å². The summed E-state index contributed by atoms with van der Waals surface area (Å²) in [5, 5.41) is 3.30. The molecular formula is C17H24N2O2. The molecule has 2 rings (SSSR count). The molecule has 0 amide bonds. The Morgan fingerprint density at radius 2 is 2.00 bits per heavy atom. The summed E-state index contributed by atoms with van der Waals surface area (Å²) in [5.41, 5.74) is 2.03. The van der Waals surface area contributed by atoms with Crippen LogP contribution < -0.4 is 10.1 Å². The summed E-state index contributed by atoms with van der Waals surface area (Å²) < 4.78 is 11.2. The van der Waals surface area contributed by atoms with Crippen LogP contribution in [0, 0.1) is 0 Å². The Bertz CT molecular complexity index is 563. The molecule has 0 fully saturated rings. The minimum atomic E-state index is 0.298. The Hall–Kier alpha value is -1.81. The van der Waals surface area contributed by atoms with Gasteiger partial charge >= 0.3 is 6.08 Å². The Kier molecular flexibility index (Phi) is 5.39. The fraction of sp³-hybridized carbons (Fsp3) is 0.471. The van der Waals surface area contributed by atoms with Crippen LogP contribution in [0.15, 0.2) is 34.9 Å². The van der Waals surface area contributed by atoms with Gasteiger partial charge in [0.1, 0.15) is 12.0 Å². The van der Waals surface area contributed by atoms with Crippen molar-refractivity contribution in [3.63, 3.8) is 0 Å². The van der Waals surface area contributed by atoms with Crippen molar-refractivity contribution in [3.05, 3.63) is 41.8 Å². The van der Waals surface area contributed by atoms with Gasteiger partial charge in [-0.2, -0.15) is 4.98 Å². The lowest BCUT2D eigenvalue weighted by Crippen LogP contribution is -2.21. The van der Waals surface area contributed by atoms with Crippen molar-refractivity contribution in [1.82, 2.24) is 10.3 Å². The number of aromatic nitrogens is 1. The van der Waals surface area contributed by atoms with Crippen molar-refractivity contribution >= 4 is 0 Å². The Labute approximate surface area is 126 Å². The minimum Gasteiger partial charge on any atom is -0.417 e. The zero-order chi connectivity index (χ0) is 15.2. The zero-order valence-electron chi connectivity index (χ0n) is 13.2. The summed E-state index contributed by atoms with van der Waals surface area (Å²) in [6.45, 7) is 9.23. The van der Waals surface area contributed by atoms with Crippen LogP contribution in [0.2, 0.25) is 0 Å². The van der Waals surface area contributed by atoms with Gasteiger partial charge in [-0.25, -0.2) is 0 Å². The molecule has 1 aromatic carbocycles. The number of nitrogens with zero attached hydrogens (tertiary/aromatic N) is 1. The Balaban J connectivity index is 2.08. The van der Waals surface area contributed by atoms with Crippen LogP contribution in [-0.2, 0) is 6.54 Å². The van der Waals surface area contributed by atoms with Gasteiger partial charge in [-0.3, -0.25) is 0 Å². The lowest BCUT2D eigenvalue weighted by Gasteiger charge is -2.13. The number of oxazole rings is 1. The first-order valence-corrected chi connectivity index (χ1v) is 7.54. The third-order valence-electron chi connectivity index (χ3n) is 3.48. The van der Waals surface area contributed by atoms with E-state index in [0.29, 0.717) is 24.6 Å². The molecule has 1 atom stereocenters. The van der Waals surface area contributed by atoms with E-state index < -0.39 is 0 Å². The van der Waals surface area contributed by atoms with Crippen LogP contribution in [0.1, 0.15) is 51.3 Å². The molecule has 1 N–H and O–H groups in total. The summed E-state index contributed by atoms with van der Waals surface area (Å²) in [6, 6.07) is 8.45. The van der Waals surface area contributed by atoms with Crippen LogP contribution in [0.25, 0.3) is 0 Å². The van der Waals surface area contributed by atoms with Gasteiger partial charge in [-0.1, -0.05) is 45.9 Å². The molecular weight excluding hydrogens is 264 g/mol. The fourth-order valence-electron chi connectivity index (χ4n) is 2.02. The zero-order valence-corrected chi connectivity index (χ0v) is 13.2. The number of nitrogens with one attached hydrogen (secondary N) is 1. The first kappa shape index (κ1) is 15.6. The van der Waals surface area contributed by atoms with Gasteiger partial charge in [0.25, 0.3) is 0 Å². The lowest BCUT2D eigenvalue weighted by molar-refractivity contribution is 0.327. The number of hydrogen-bond acceptors (Lipinski definition) is 4. The van der Waals surface area contributed by atoms with E-state index in [1.807, 2.05) is 18.2 Å². The number of ether oxygens (including phenoxy) is 1. The molecule has 1 unspecified atom stereocenters. The predicted octanol–water partition coefficient (Wildman–Crippen LogP) is 4.48. The first-order valence-electron chi connectivity index (χ1n) is 7.54. The maximum Gasteiger partial charge on any atom is 0.399 e. The monoisotopic (exact) mass is 288 g/mol. The highest BCUT2D eigenvalue weighted by Gasteiger charge is 2.13. The standard InChI is InChI=1S/C17H24N2O2/c1-5-13(4)15-8-6-7-9-16(15)21-17-19-14(11-20-17)10-18-12(2)3/h6-9,11-13,18H,5,10H2,1-4H3. The topological polar surface area (TPSA) is 47.3 Å². The highest BCUT2D eigenvalue weighted by atomic mass is 16.6. The summed E-state index contributed by atoms with van der Waals surface area (Å²) in [5.74, 6) is 1.26. The van der Waals surface area contributed by atoms with E-state index in [4.69, 9.17) is 9.15 Å². The van der Waals surface area contributed by atoms with Crippen molar-refractivity contribution in [2.75, 3.05) is 0 Å². The highest BCUT2D eigenvalue weighted by molar-refractivity contribution is 5.37. The third kappa shape index (κ3) is 4.33. The van der Waals surface area contributed by atoms with Crippen molar-refractivity contribution in [3.8, 4) is 11.8 Å². The molecule has 0 aliphatic carbocycles. The average molecular weight is 288 g/mol. The number of rotatable bonds is 7. The van der Waals surface area contributed by atoms with Crippen LogP contribution in [0.3, 0.4) is 0 Å². The van der Waals surface area contributed by atoms with Crippen LogP contribution in [0.4, 0.5) is 0 Å². The molecule has 0 spiro atoms. The van der Waals surface area contributed by atoms with E-state index in [0.717, 1.165) is 17.9 Å². The molecule has 0 radical (unpaired) electrons. The van der Waals surface area contributed by atoms with Crippen molar-refractivity contribution in [1.29, 1.82) is 0 Å². The Morgan fingerprint density at radius 1 is 1.24 bits per heavy atom. The Morgan fingerprint density at radius 3 is 2.71 bits per heavy atom. The number of para-hydroxylation sites is 1. The summed E-state index contributed by atoms with van der Waals surface area (Å²) >= 11 is 0. The molecule has 0 bridgehead atoms. The molecule has 1 aromatic heterocycles. The van der Waals surface area contributed by atoms with Gasteiger partial charge in [0.05, 0.1) is 5.69 Å². The van der Waals surface area contributed by atoms with E-state index in [9.17, 15) is 0 Å². The van der Waals surface area contributed by atoms with Gasteiger partial charge in [-0.15, -0.1) is 0 Å². The SMILES string of the molecule is CCC(C)c1ccccc1Oc1nc(CNC(C)C)co1. The second-order valence-electron chi connectivity index (χ2n) is 5.59. The fourth-order valence-corrected chi connectivity index (χ4v) is 2.02. The third-order valence-corrected chi connectivity index (χ3v) is 3.48. The summed E-state index contributed by atoms with van der Waals surface area (Å²) in [4.78, 5) is 4.35. The summed E-state index contributed by atoms with van der Waals surface area (Å²) in [7, 11) is 0. The molecule has 2 aromatic rings. The van der Waals surface area contributed by atoms with Crippen molar-refractivity contribution in [2.24, 2.45) is 0 Å². The van der Waals surface area contributed by atoms with Crippen molar-refractivity contribution in [2.45, 2.75) is 52.6 Å². The normalized spacial score (nSPS) is 12.6. The van der Waals surface area contributed by atoms with Crippen molar-refractivity contribution < 1.29 is 9.15 Å². The first-order chi connectivity index (χ1) is 10.1. The number of hydrogen-bond donors (Lipinski definition) is 1. The second kappa shape index (κ2) is 7.27. The molecule has 21 heavy (non-hydrogen) atoms. The highest BCUT2D eigenvalue weighted by Crippen LogP contribution is 2.31. The van der Waals surface area contributed by atoms with Crippen LogP contribution in [0.5, 0.6) is 11.8 Å². The van der Waals surface area contributed by atoms with Gasteiger partial charge in [-0.05, 0) is 24.0 Å². The van der Waals surface area contributed by atoms with E-state index >= 15 is 0 Å². The van der Waals surface area contributed by atoms with E-state index in [2.05, 4.69) is 44.1 Å². The van der Waals surface area contributed by atoms with Gasteiger partial charge in [0.15, 0.2) is 0 Å². The second-order valence-corrected chi connectivity index (χ2v) is 5.59. The maximum atomic E-state index is 5.81. The predicted molar refractivity (Wildman–Crippen MR) is 83.7 cm³/mol. The molecule has 114 valence electrons. The quantitative estimate of drug-likeness (QED) is 0.816. The molecule has 0 aliphatic rings. The van der Waals surface area contributed by atoms with Gasteiger partial charge in [0.2, 0.25) is 0 Å². The largest absolute Gasteiger partial charge is 0.417 e. The molecule has 0 saturated heterocycles. The number of benzene rings is 1. The maximum absolute atomic E-state index is 5.81. The van der Waals surface area contributed by atoms with Crippen LogP contribution in [-0.4, -0.2) is 11.0 Å². The average Bonchev–Trinajstić information content (AvgIpc) is 2.92. The van der Waals surface area contributed by atoms with Crippen LogP contribution >= 0.6 is 0 Å². The summed E-state index contributed by atoms with van der Waals surface area (Å²) in [6.07, 6.45) is 3.00. The smallest absolute Gasteiger partial charge is 0.399 e. The minimum absolute atomic E-state index is 0.298. The van der Waals surface area contributed by atoms with E-state index in [1.54, 1.807) is 6.26 Å². The van der Waals surface area contributed by atoms with E-state index in [1.165, 1.54) is 5.56 Å².